The molecule has 1 amide bonds. The minimum atomic E-state index is -0.565. The monoisotopic (exact) mass is 268 g/mol. The fourth-order valence-corrected chi connectivity index (χ4v) is 2.30. The first-order valence-electron chi connectivity index (χ1n) is 6.09. The van der Waals surface area contributed by atoms with Crippen LogP contribution in [0.4, 0.5) is 5.69 Å². The number of nitrogens with zero attached hydrogens (tertiary/aromatic N) is 1. The zero-order valence-corrected chi connectivity index (χ0v) is 11.1. The Morgan fingerprint density at radius 2 is 2.11 bits per heavy atom. The highest BCUT2D eigenvalue weighted by molar-refractivity contribution is 6.32. The van der Waals surface area contributed by atoms with Gasteiger partial charge in [-0.1, -0.05) is 17.7 Å². The molecule has 1 aliphatic rings. The summed E-state index contributed by atoms with van der Waals surface area (Å²) >= 11 is 6.01. The summed E-state index contributed by atoms with van der Waals surface area (Å²) in [6.45, 7) is 3.35. The minimum Gasteiger partial charge on any atom is -0.477 e. The predicted octanol–water partition coefficient (Wildman–Crippen LogP) is 2.31. The molecule has 1 unspecified atom stereocenters. The van der Waals surface area contributed by atoms with Crippen LogP contribution in [0.5, 0.6) is 5.75 Å². The molecule has 2 N–H and O–H groups in total. The van der Waals surface area contributed by atoms with Crippen molar-refractivity contribution in [3.8, 4) is 5.75 Å². The molecule has 0 aliphatic carbocycles. The van der Waals surface area contributed by atoms with Gasteiger partial charge in [0.1, 0.15) is 0 Å². The maximum atomic E-state index is 12.1. The van der Waals surface area contributed by atoms with E-state index in [2.05, 4.69) is 0 Å². The molecular weight excluding hydrogens is 252 g/mol. The molecule has 1 atom stereocenters. The highest BCUT2D eigenvalue weighted by atomic mass is 35.5. The number of nitrogen functional groups attached to an aromatic ring is 1. The maximum absolute atomic E-state index is 12.1. The van der Waals surface area contributed by atoms with Gasteiger partial charge < -0.3 is 15.4 Å². The van der Waals surface area contributed by atoms with Crippen molar-refractivity contribution < 1.29 is 9.53 Å². The molecule has 18 heavy (non-hydrogen) atoms. The number of benzene rings is 1. The highest BCUT2D eigenvalue weighted by Gasteiger charge is 2.25. The van der Waals surface area contributed by atoms with Crippen molar-refractivity contribution in [3.05, 3.63) is 23.2 Å². The average molecular weight is 269 g/mol. The van der Waals surface area contributed by atoms with Gasteiger partial charge in [0.2, 0.25) is 0 Å². The zero-order valence-electron chi connectivity index (χ0n) is 10.4. The van der Waals surface area contributed by atoms with E-state index in [4.69, 9.17) is 22.1 Å². The molecule has 98 valence electrons. The van der Waals surface area contributed by atoms with Gasteiger partial charge in [-0.15, -0.1) is 0 Å². The van der Waals surface area contributed by atoms with Gasteiger partial charge in [0.05, 0.1) is 10.7 Å². The maximum Gasteiger partial charge on any atom is 0.263 e. The minimum absolute atomic E-state index is 0.00757. The van der Waals surface area contributed by atoms with Crippen LogP contribution in [0.3, 0.4) is 0 Å². The Bertz CT molecular complexity index is 424. The molecule has 1 heterocycles. The fourth-order valence-electron chi connectivity index (χ4n) is 2.07. The van der Waals surface area contributed by atoms with E-state index in [9.17, 15) is 4.79 Å². The van der Waals surface area contributed by atoms with Crippen molar-refractivity contribution in [2.75, 3.05) is 18.8 Å². The van der Waals surface area contributed by atoms with Gasteiger partial charge in [-0.2, -0.15) is 0 Å². The van der Waals surface area contributed by atoms with Gasteiger partial charge in [0.25, 0.3) is 5.91 Å². The Hall–Kier alpha value is -1.42. The van der Waals surface area contributed by atoms with Crippen LogP contribution in [0.2, 0.25) is 5.02 Å². The van der Waals surface area contributed by atoms with Crippen molar-refractivity contribution in [1.29, 1.82) is 0 Å². The Morgan fingerprint density at radius 1 is 1.44 bits per heavy atom. The summed E-state index contributed by atoms with van der Waals surface area (Å²) in [6, 6.07) is 5.14. The number of nitrogens with two attached hydrogens (primary N) is 1. The predicted molar refractivity (Wildman–Crippen MR) is 71.8 cm³/mol. The quantitative estimate of drug-likeness (QED) is 0.856. The molecule has 1 fully saturated rings. The molecule has 4 nitrogen and oxygen atoms in total. The van der Waals surface area contributed by atoms with Gasteiger partial charge >= 0.3 is 0 Å². The van der Waals surface area contributed by atoms with Crippen molar-refractivity contribution in [2.24, 2.45) is 0 Å². The Labute approximate surface area is 112 Å². The lowest BCUT2D eigenvalue weighted by atomic mass is 10.3. The second kappa shape index (κ2) is 5.48. The van der Waals surface area contributed by atoms with E-state index in [0.717, 1.165) is 25.9 Å². The summed E-state index contributed by atoms with van der Waals surface area (Å²) < 4.78 is 5.60. The van der Waals surface area contributed by atoms with E-state index in [1.165, 1.54) is 0 Å². The molecule has 1 aromatic carbocycles. The van der Waals surface area contributed by atoms with E-state index < -0.39 is 6.10 Å². The van der Waals surface area contributed by atoms with Crippen molar-refractivity contribution in [3.63, 3.8) is 0 Å². The third-order valence-corrected chi connectivity index (χ3v) is 3.36. The highest BCUT2D eigenvalue weighted by Crippen LogP contribution is 2.31. The molecule has 5 heteroatoms. The summed E-state index contributed by atoms with van der Waals surface area (Å²) in [6.07, 6.45) is 1.56. The van der Waals surface area contributed by atoms with Gasteiger partial charge in [0.15, 0.2) is 11.9 Å². The first-order chi connectivity index (χ1) is 8.59. The number of rotatable bonds is 3. The standard InChI is InChI=1S/C13H17ClN2O2/c1-9(13(17)16-7-2-3-8-16)18-12-10(14)5-4-6-11(12)15/h4-6,9H,2-3,7-8,15H2,1H3. The number of hydrogen-bond acceptors (Lipinski definition) is 3. The van der Waals surface area contributed by atoms with E-state index in [-0.39, 0.29) is 5.91 Å². The number of amides is 1. The van der Waals surface area contributed by atoms with Gasteiger partial charge in [0, 0.05) is 13.1 Å². The summed E-state index contributed by atoms with van der Waals surface area (Å²) in [5.41, 5.74) is 6.24. The normalized spacial score (nSPS) is 16.7. The third kappa shape index (κ3) is 2.70. The van der Waals surface area contributed by atoms with E-state index in [1.807, 2.05) is 4.90 Å². The number of carbonyl (C=O) groups excluding carboxylic acids is 1. The molecule has 0 bridgehead atoms. The summed E-state index contributed by atoms with van der Waals surface area (Å²) in [5, 5.41) is 0.427. The zero-order chi connectivity index (χ0) is 13.1. The molecule has 0 radical (unpaired) electrons. The molecule has 0 aromatic heterocycles. The Morgan fingerprint density at radius 3 is 2.72 bits per heavy atom. The number of halogens is 1. The Kier molecular flexibility index (Phi) is 3.97. The molecule has 0 saturated carbocycles. The first-order valence-corrected chi connectivity index (χ1v) is 6.47. The average Bonchev–Trinajstić information content (AvgIpc) is 2.86. The largest absolute Gasteiger partial charge is 0.477 e. The van der Waals surface area contributed by atoms with Crippen LogP contribution in [0.25, 0.3) is 0 Å². The Balaban J connectivity index is 2.06. The fraction of sp³-hybridized carbons (Fsp3) is 0.462. The van der Waals surface area contributed by atoms with Crippen LogP contribution >= 0.6 is 11.6 Å². The third-order valence-electron chi connectivity index (χ3n) is 3.06. The summed E-state index contributed by atoms with van der Waals surface area (Å²) in [4.78, 5) is 13.9. The van der Waals surface area contributed by atoms with E-state index in [0.29, 0.717) is 16.5 Å². The SMILES string of the molecule is CC(Oc1c(N)cccc1Cl)C(=O)N1CCCC1. The number of ether oxygens (including phenoxy) is 1. The molecule has 2 rings (SSSR count). The first kappa shape index (κ1) is 13.0. The number of likely N-dealkylation sites (tertiary alicyclic amines) is 1. The number of hydrogen-bond donors (Lipinski definition) is 1. The topological polar surface area (TPSA) is 55.6 Å². The molecule has 0 spiro atoms. The lowest BCUT2D eigenvalue weighted by Crippen LogP contribution is -2.38. The van der Waals surface area contributed by atoms with E-state index in [1.54, 1.807) is 25.1 Å². The molecule has 1 aromatic rings. The van der Waals surface area contributed by atoms with Crippen LogP contribution in [0.15, 0.2) is 18.2 Å². The van der Waals surface area contributed by atoms with Crippen molar-refractivity contribution in [1.82, 2.24) is 4.90 Å². The van der Waals surface area contributed by atoms with Crippen LogP contribution in [0, 0.1) is 0 Å². The summed E-state index contributed by atoms with van der Waals surface area (Å²) in [5.74, 6) is 0.381. The van der Waals surface area contributed by atoms with Crippen LogP contribution < -0.4 is 10.5 Å². The molecule has 1 saturated heterocycles. The van der Waals surface area contributed by atoms with Gasteiger partial charge in [-0.3, -0.25) is 4.79 Å². The second-order valence-corrected chi connectivity index (χ2v) is 4.86. The molecular formula is C13H17ClN2O2. The number of carbonyl (C=O) groups is 1. The van der Waals surface area contributed by atoms with Gasteiger partial charge in [-0.25, -0.2) is 0 Å². The smallest absolute Gasteiger partial charge is 0.263 e. The number of para-hydroxylation sites is 1. The number of anilines is 1. The van der Waals surface area contributed by atoms with Gasteiger partial charge in [-0.05, 0) is 31.9 Å². The van der Waals surface area contributed by atoms with Crippen LogP contribution in [-0.4, -0.2) is 30.0 Å². The van der Waals surface area contributed by atoms with Crippen molar-refractivity contribution >= 4 is 23.2 Å². The van der Waals surface area contributed by atoms with Crippen LogP contribution in [0.1, 0.15) is 19.8 Å². The second-order valence-electron chi connectivity index (χ2n) is 4.45. The summed E-state index contributed by atoms with van der Waals surface area (Å²) in [7, 11) is 0. The lowest BCUT2D eigenvalue weighted by molar-refractivity contribution is -0.136. The molecule has 1 aliphatic heterocycles. The van der Waals surface area contributed by atoms with Crippen LogP contribution in [-0.2, 0) is 4.79 Å². The van der Waals surface area contributed by atoms with Crippen molar-refractivity contribution in [2.45, 2.75) is 25.9 Å². The van der Waals surface area contributed by atoms with E-state index >= 15 is 0 Å². The lowest BCUT2D eigenvalue weighted by Gasteiger charge is -2.22.